The Morgan fingerprint density at radius 2 is 1.83 bits per heavy atom. The second-order valence-corrected chi connectivity index (χ2v) is 5.51. The molecule has 2 rings (SSSR count). The normalized spacial score (nSPS) is 12.0. The zero-order chi connectivity index (χ0) is 13.7. The second kappa shape index (κ2) is 3.88. The van der Waals surface area contributed by atoms with Crippen molar-refractivity contribution in [3.8, 4) is 11.5 Å². The third-order valence-electron chi connectivity index (χ3n) is 2.59. The molecule has 5 nitrogen and oxygen atoms in total. The van der Waals surface area contributed by atoms with Crippen LogP contribution in [0.5, 0.6) is 11.5 Å². The Kier molecular flexibility index (Phi) is 2.74. The number of halogens is 1. The van der Waals surface area contributed by atoms with Gasteiger partial charge in [0.2, 0.25) is 0 Å². The van der Waals surface area contributed by atoms with Crippen LogP contribution in [0.25, 0.3) is 10.9 Å². The average Bonchev–Trinajstić information content (AvgIpc) is 2.26. The zero-order valence-electron chi connectivity index (χ0n) is 10.3. The quantitative estimate of drug-likeness (QED) is 0.638. The van der Waals surface area contributed by atoms with Gasteiger partial charge in [-0.3, -0.25) is 0 Å². The summed E-state index contributed by atoms with van der Waals surface area (Å²) in [5.41, 5.74) is 5.88. The highest BCUT2D eigenvalue weighted by molar-refractivity contribution is 6.37. The number of nitrogens with zero attached hydrogens (tertiary/aromatic N) is 2. The van der Waals surface area contributed by atoms with Crippen molar-refractivity contribution in [2.45, 2.75) is 26.2 Å². The fraction of sp³-hybridized carbons (Fsp3) is 0.333. The molecule has 1 aromatic heterocycles. The third-order valence-corrected chi connectivity index (χ3v) is 2.94. The predicted molar refractivity (Wildman–Crippen MR) is 71.0 cm³/mol. The highest BCUT2D eigenvalue weighted by atomic mass is 35.5. The molecule has 0 atom stereocenters. The number of aromatic hydroxyl groups is 2. The van der Waals surface area contributed by atoms with Gasteiger partial charge in [-0.1, -0.05) is 32.4 Å². The van der Waals surface area contributed by atoms with Crippen molar-refractivity contribution in [1.29, 1.82) is 0 Å². The molecule has 0 aliphatic heterocycles. The van der Waals surface area contributed by atoms with Gasteiger partial charge in [-0.05, 0) is 6.07 Å². The summed E-state index contributed by atoms with van der Waals surface area (Å²) >= 11 is 5.97. The lowest BCUT2D eigenvalue weighted by atomic mass is 9.95. The topological polar surface area (TPSA) is 92.3 Å². The molecule has 0 unspecified atom stereocenters. The van der Waals surface area contributed by atoms with Crippen LogP contribution < -0.4 is 5.73 Å². The van der Waals surface area contributed by atoms with Crippen LogP contribution in [0.1, 0.15) is 26.6 Å². The predicted octanol–water partition coefficient (Wildman–Crippen LogP) is 2.57. The van der Waals surface area contributed by atoms with Crippen molar-refractivity contribution in [2.24, 2.45) is 0 Å². The fourth-order valence-electron chi connectivity index (χ4n) is 1.56. The first kappa shape index (κ1) is 12.7. The van der Waals surface area contributed by atoms with Crippen LogP contribution >= 0.6 is 11.6 Å². The summed E-state index contributed by atoms with van der Waals surface area (Å²) in [7, 11) is 0. The lowest BCUT2D eigenvalue weighted by Gasteiger charge is -2.18. The number of anilines is 1. The Labute approximate surface area is 109 Å². The van der Waals surface area contributed by atoms with Crippen LogP contribution in [0.4, 0.5) is 5.82 Å². The Bertz CT molecular complexity index is 635. The minimum Gasteiger partial charge on any atom is -0.504 e. The summed E-state index contributed by atoms with van der Waals surface area (Å²) in [5.74, 6) is 0.00930. The van der Waals surface area contributed by atoms with E-state index in [0.717, 1.165) is 0 Å². The SMILES string of the molecule is CC(C)(C)c1nc(N)c2cc(O)c(O)c(Cl)c2n1. The number of rotatable bonds is 0. The van der Waals surface area contributed by atoms with Crippen molar-refractivity contribution < 1.29 is 10.2 Å². The van der Waals surface area contributed by atoms with E-state index < -0.39 is 5.75 Å². The molecule has 0 amide bonds. The highest BCUT2D eigenvalue weighted by Gasteiger charge is 2.21. The summed E-state index contributed by atoms with van der Waals surface area (Å²) in [6, 6.07) is 1.30. The molecule has 0 bridgehead atoms. The Hall–Kier alpha value is -1.75. The van der Waals surface area contributed by atoms with Gasteiger partial charge < -0.3 is 15.9 Å². The maximum Gasteiger partial charge on any atom is 0.178 e. The van der Waals surface area contributed by atoms with Crippen molar-refractivity contribution in [3.63, 3.8) is 0 Å². The minimum absolute atomic E-state index is 0.0235. The highest BCUT2D eigenvalue weighted by Crippen LogP contribution is 2.40. The van der Waals surface area contributed by atoms with Gasteiger partial charge in [-0.15, -0.1) is 0 Å². The first-order valence-electron chi connectivity index (χ1n) is 5.40. The Morgan fingerprint density at radius 1 is 1.22 bits per heavy atom. The maximum atomic E-state index is 9.61. The van der Waals surface area contributed by atoms with Gasteiger partial charge in [0, 0.05) is 10.8 Å². The number of phenols is 2. The van der Waals surface area contributed by atoms with E-state index in [9.17, 15) is 10.2 Å². The summed E-state index contributed by atoms with van der Waals surface area (Å²) in [6.07, 6.45) is 0. The average molecular weight is 268 g/mol. The van der Waals surface area contributed by atoms with Gasteiger partial charge in [0.15, 0.2) is 11.5 Å². The number of hydrogen-bond acceptors (Lipinski definition) is 5. The van der Waals surface area contributed by atoms with Crippen molar-refractivity contribution in [3.05, 3.63) is 16.9 Å². The van der Waals surface area contributed by atoms with Gasteiger partial charge in [0.05, 0.1) is 5.52 Å². The molecule has 0 saturated heterocycles. The molecular weight excluding hydrogens is 254 g/mol. The molecule has 0 aliphatic rings. The molecule has 4 N–H and O–H groups in total. The standard InChI is InChI=1S/C12H14ClN3O2/c1-12(2,3)11-15-8-5(10(14)16-11)4-6(17)9(18)7(8)13/h4,17-18H,1-3H3,(H2,14,15,16). The lowest BCUT2D eigenvalue weighted by Crippen LogP contribution is -2.17. The molecule has 0 aliphatic carbocycles. The van der Waals surface area contributed by atoms with Crippen LogP contribution in [-0.2, 0) is 5.41 Å². The molecule has 0 radical (unpaired) electrons. The van der Waals surface area contributed by atoms with E-state index in [4.69, 9.17) is 17.3 Å². The van der Waals surface area contributed by atoms with Crippen LogP contribution in [-0.4, -0.2) is 20.2 Å². The monoisotopic (exact) mass is 267 g/mol. The number of hydrogen-bond donors (Lipinski definition) is 3. The van der Waals surface area contributed by atoms with E-state index in [1.165, 1.54) is 6.07 Å². The summed E-state index contributed by atoms with van der Waals surface area (Å²) < 4.78 is 0. The van der Waals surface area contributed by atoms with Crippen molar-refractivity contribution >= 4 is 28.3 Å². The van der Waals surface area contributed by atoms with E-state index in [-0.39, 0.29) is 22.0 Å². The van der Waals surface area contributed by atoms with E-state index in [2.05, 4.69) is 9.97 Å². The molecule has 2 aromatic rings. The van der Waals surface area contributed by atoms with Gasteiger partial charge in [-0.25, -0.2) is 9.97 Å². The van der Waals surface area contributed by atoms with E-state index in [0.29, 0.717) is 16.7 Å². The first-order chi connectivity index (χ1) is 8.21. The van der Waals surface area contributed by atoms with E-state index in [1.807, 2.05) is 20.8 Å². The summed E-state index contributed by atoms with van der Waals surface area (Å²) in [5, 5.41) is 19.5. The summed E-state index contributed by atoms with van der Waals surface area (Å²) in [4.78, 5) is 8.51. The number of fused-ring (bicyclic) bond motifs is 1. The Balaban J connectivity index is 2.88. The number of phenolic OH excluding ortho intramolecular Hbond substituents is 2. The smallest absolute Gasteiger partial charge is 0.178 e. The van der Waals surface area contributed by atoms with Gasteiger partial charge in [0.25, 0.3) is 0 Å². The van der Waals surface area contributed by atoms with E-state index >= 15 is 0 Å². The number of aromatic nitrogens is 2. The number of benzene rings is 1. The third kappa shape index (κ3) is 1.90. The number of nitrogen functional groups attached to an aromatic ring is 1. The zero-order valence-corrected chi connectivity index (χ0v) is 11.1. The molecule has 1 heterocycles. The van der Waals surface area contributed by atoms with Crippen LogP contribution in [0, 0.1) is 0 Å². The number of nitrogens with two attached hydrogens (primary N) is 1. The first-order valence-corrected chi connectivity index (χ1v) is 5.77. The fourth-order valence-corrected chi connectivity index (χ4v) is 1.80. The Morgan fingerprint density at radius 3 is 2.39 bits per heavy atom. The second-order valence-electron chi connectivity index (χ2n) is 5.14. The van der Waals surface area contributed by atoms with Gasteiger partial charge in [-0.2, -0.15) is 0 Å². The van der Waals surface area contributed by atoms with Crippen molar-refractivity contribution in [2.75, 3.05) is 5.73 Å². The van der Waals surface area contributed by atoms with Gasteiger partial charge in [0.1, 0.15) is 16.7 Å². The van der Waals surface area contributed by atoms with Crippen LogP contribution in [0.2, 0.25) is 5.02 Å². The molecule has 6 heteroatoms. The largest absolute Gasteiger partial charge is 0.504 e. The van der Waals surface area contributed by atoms with Crippen LogP contribution in [0.3, 0.4) is 0 Å². The molecule has 1 aromatic carbocycles. The van der Waals surface area contributed by atoms with Crippen molar-refractivity contribution in [1.82, 2.24) is 9.97 Å². The molecule has 0 spiro atoms. The lowest BCUT2D eigenvalue weighted by molar-refractivity contribution is 0.405. The maximum absolute atomic E-state index is 9.61. The van der Waals surface area contributed by atoms with E-state index in [1.54, 1.807) is 0 Å². The molecule has 0 saturated carbocycles. The summed E-state index contributed by atoms with van der Waals surface area (Å²) in [6.45, 7) is 5.84. The molecular formula is C12H14ClN3O2. The molecule has 96 valence electrons. The molecule has 0 fully saturated rings. The molecule has 18 heavy (non-hydrogen) atoms. The van der Waals surface area contributed by atoms with Crippen LogP contribution in [0.15, 0.2) is 6.07 Å². The minimum atomic E-state index is -0.401. The van der Waals surface area contributed by atoms with Gasteiger partial charge >= 0.3 is 0 Å².